The minimum absolute atomic E-state index is 0.230. The summed E-state index contributed by atoms with van der Waals surface area (Å²) in [6.45, 7) is 3.89. The Hall–Kier alpha value is -2.66. The van der Waals surface area contributed by atoms with Gasteiger partial charge < -0.3 is 9.52 Å². The number of halogens is 1. The summed E-state index contributed by atoms with van der Waals surface area (Å²) in [4.78, 5) is 16.5. The van der Waals surface area contributed by atoms with Crippen molar-refractivity contribution in [2.24, 2.45) is 0 Å². The molecule has 5 heteroatoms. The largest absolute Gasteiger partial charge is 0.478 e. The summed E-state index contributed by atoms with van der Waals surface area (Å²) >= 11 is 3.44. The molecule has 4 rings (SSSR count). The number of aryl methyl sites for hydroxylation is 2. The predicted molar refractivity (Wildman–Crippen MR) is 101 cm³/mol. The van der Waals surface area contributed by atoms with E-state index < -0.39 is 5.97 Å². The first-order valence-corrected chi connectivity index (χ1v) is 8.56. The van der Waals surface area contributed by atoms with Crippen LogP contribution in [0.1, 0.15) is 21.5 Å². The molecule has 0 spiro atoms. The lowest BCUT2D eigenvalue weighted by molar-refractivity contribution is 0.0699. The number of rotatable bonds is 2. The maximum Gasteiger partial charge on any atom is 0.336 e. The zero-order valence-corrected chi connectivity index (χ0v) is 15.2. The Kier molecular flexibility index (Phi) is 3.62. The van der Waals surface area contributed by atoms with Crippen LogP contribution in [0.25, 0.3) is 33.3 Å². The van der Waals surface area contributed by atoms with Crippen molar-refractivity contribution in [3.05, 3.63) is 63.6 Å². The minimum atomic E-state index is -0.975. The summed E-state index contributed by atoms with van der Waals surface area (Å²) < 4.78 is 6.84. The van der Waals surface area contributed by atoms with Crippen molar-refractivity contribution in [1.82, 2.24) is 4.98 Å². The molecule has 0 radical (unpaired) electrons. The van der Waals surface area contributed by atoms with Gasteiger partial charge in [0.2, 0.25) is 0 Å². The van der Waals surface area contributed by atoms with E-state index in [0.717, 1.165) is 26.6 Å². The lowest BCUT2D eigenvalue weighted by atomic mass is 10.0. The molecule has 0 unspecified atom stereocenters. The molecule has 124 valence electrons. The quantitative estimate of drug-likeness (QED) is 0.470. The number of aromatic carboxylic acids is 1. The fourth-order valence-electron chi connectivity index (χ4n) is 3.12. The van der Waals surface area contributed by atoms with E-state index in [4.69, 9.17) is 4.42 Å². The highest BCUT2D eigenvalue weighted by Crippen LogP contribution is 2.32. The summed E-state index contributed by atoms with van der Waals surface area (Å²) in [5, 5.41) is 11.2. The molecule has 0 amide bonds. The molecule has 2 heterocycles. The van der Waals surface area contributed by atoms with Gasteiger partial charge in [0.05, 0.1) is 11.1 Å². The zero-order valence-electron chi connectivity index (χ0n) is 13.6. The van der Waals surface area contributed by atoms with E-state index in [9.17, 15) is 9.90 Å². The van der Waals surface area contributed by atoms with E-state index >= 15 is 0 Å². The van der Waals surface area contributed by atoms with E-state index in [-0.39, 0.29) is 5.56 Å². The third-order valence-corrected chi connectivity index (χ3v) is 4.70. The van der Waals surface area contributed by atoms with Crippen LogP contribution < -0.4 is 0 Å². The Morgan fingerprint density at radius 3 is 2.68 bits per heavy atom. The first-order chi connectivity index (χ1) is 11.9. The van der Waals surface area contributed by atoms with Gasteiger partial charge in [0.25, 0.3) is 0 Å². The van der Waals surface area contributed by atoms with Gasteiger partial charge in [0.15, 0.2) is 5.76 Å². The van der Waals surface area contributed by atoms with Crippen LogP contribution in [0.15, 0.2) is 51.4 Å². The van der Waals surface area contributed by atoms with Gasteiger partial charge >= 0.3 is 5.97 Å². The Bertz CT molecular complexity index is 1160. The lowest BCUT2D eigenvalue weighted by Crippen LogP contribution is -2.01. The van der Waals surface area contributed by atoms with Gasteiger partial charge in [-0.25, -0.2) is 9.78 Å². The molecule has 0 atom stereocenters. The van der Waals surface area contributed by atoms with Crippen molar-refractivity contribution in [2.75, 3.05) is 0 Å². The van der Waals surface area contributed by atoms with Crippen LogP contribution >= 0.6 is 15.9 Å². The van der Waals surface area contributed by atoms with Crippen molar-refractivity contribution < 1.29 is 14.3 Å². The second-order valence-corrected chi connectivity index (χ2v) is 7.05. The van der Waals surface area contributed by atoms with Crippen molar-refractivity contribution in [1.29, 1.82) is 0 Å². The Labute approximate surface area is 152 Å². The van der Waals surface area contributed by atoms with Crippen LogP contribution in [0.3, 0.4) is 0 Å². The molecule has 0 saturated heterocycles. The van der Waals surface area contributed by atoms with Crippen molar-refractivity contribution >= 4 is 43.8 Å². The number of furan rings is 1. The SMILES string of the molecule is Cc1cc(C)c2nc(-c3cc4cc(Br)ccc4o3)cc(C(=O)O)c2c1. The first kappa shape index (κ1) is 15.8. The first-order valence-electron chi connectivity index (χ1n) is 7.77. The van der Waals surface area contributed by atoms with Gasteiger partial charge in [0.1, 0.15) is 11.3 Å². The van der Waals surface area contributed by atoms with E-state index in [1.54, 1.807) is 6.07 Å². The Morgan fingerprint density at radius 2 is 1.92 bits per heavy atom. The molecule has 4 aromatic rings. The van der Waals surface area contributed by atoms with Gasteiger partial charge in [-0.15, -0.1) is 0 Å². The van der Waals surface area contributed by atoms with E-state index in [1.807, 2.05) is 50.2 Å². The lowest BCUT2D eigenvalue weighted by Gasteiger charge is -2.09. The second-order valence-electron chi connectivity index (χ2n) is 6.13. The zero-order chi connectivity index (χ0) is 17.7. The number of carbonyl (C=O) groups is 1. The average Bonchev–Trinajstić information content (AvgIpc) is 2.96. The maximum absolute atomic E-state index is 11.8. The molecule has 0 bridgehead atoms. The molecule has 4 nitrogen and oxygen atoms in total. The maximum atomic E-state index is 11.8. The van der Waals surface area contributed by atoms with Gasteiger partial charge in [-0.2, -0.15) is 0 Å². The number of hydrogen-bond acceptors (Lipinski definition) is 3. The molecule has 0 fully saturated rings. The van der Waals surface area contributed by atoms with Crippen molar-refractivity contribution in [3.8, 4) is 11.5 Å². The summed E-state index contributed by atoms with van der Waals surface area (Å²) in [6.07, 6.45) is 0. The smallest absolute Gasteiger partial charge is 0.336 e. The molecule has 0 aliphatic heterocycles. The van der Waals surface area contributed by atoms with E-state index in [0.29, 0.717) is 22.4 Å². The molecule has 25 heavy (non-hydrogen) atoms. The molecule has 2 aromatic heterocycles. The molecular weight excluding hydrogens is 382 g/mol. The number of aromatic nitrogens is 1. The highest BCUT2D eigenvalue weighted by molar-refractivity contribution is 9.10. The number of pyridine rings is 1. The van der Waals surface area contributed by atoms with Gasteiger partial charge in [-0.05, 0) is 55.8 Å². The topological polar surface area (TPSA) is 63.3 Å². The van der Waals surface area contributed by atoms with Crippen molar-refractivity contribution in [2.45, 2.75) is 13.8 Å². The van der Waals surface area contributed by atoms with Gasteiger partial charge in [-0.3, -0.25) is 0 Å². The van der Waals surface area contributed by atoms with Crippen LogP contribution in [0.5, 0.6) is 0 Å². The molecule has 0 aliphatic carbocycles. The highest BCUT2D eigenvalue weighted by Gasteiger charge is 2.17. The monoisotopic (exact) mass is 395 g/mol. The standard InChI is InChI=1S/C20H14BrNO3/c1-10-5-11(2)19-14(6-10)15(20(23)24)9-16(22-19)18-8-12-7-13(21)3-4-17(12)25-18/h3-9H,1-2H3,(H,23,24). The number of benzene rings is 2. The molecule has 0 saturated carbocycles. The summed E-state index contributed by atoms with van der Waals surface area (Å²) in [5.41, 5.74) is 4.12. The summed E-state index contributed by atoms with van der Waals surface area (Å²) in [5.74, 6) is -0.421. The number of nitrogens with zero attached hydrogens (tertiary/aromatic N) is 1. The van der Waals surface area contributed by atoms with Crippen LogP contribution in [-0.2, 0) is 0 Å². The predicted octanol–water partition coefficient (Wildman–Crippen LogP) is 5.73. The van der Waals surface area contributed by atoms with Gasteiger partial charge in [-0.1, -0.05) is 27.6 Å². The van der Waals surface area contributed by atoms with Crippen LogP contribution in [-0.4, -0.2) is 16.1 Å². The van der Waals surface area contributed by atoms with Crippen LogP contribution in [0.2, 0.25) is 0 Å². The summed E-state index contributed by atoms with van der Waals surface area (Å²) in [6, 6.07) is 13.0. The van der Waals surface area contributed by atoms with Crippen LogP contribution in [0.4, 0.5) is 0 Å². The number of hydrogen-bond donors (Lipinski definition) is 1. The minimum Gasteiger partial charge on any atom is -0.478 e. The van der Waals surface area contributed by atoms with Crippen LogP contribution in [0, 0.1) is 13.8 Å². The third-order valence-electron chi connectivity index (χ3n) is 4.21. The second kappa shape index (κ2) is 5.70. The molecule has 2 aromatic carbocycles. The highest BCUT2D eigenvalue weighted by atomic mass is 79.9. The number of fused-ring (bicyclic) bond motifs is 2. The molecule has 0 aliphatic rings. The van der Waals surface area contributed by atoms with Gasteiger partial charge in [0, 0.05) is 15.2 Å². The number of carboxylic acids is 1. The Balaban J connectivity index is 2.02. The molecule has 1 N–H and O–H groups in total. The Morgan fingerprint density at radius 1 is 1.12 bits per heavy atom. The van der Waals surface area contributed by atoms with Crippen molar-refractivity contribution in [3.63, 3.8) is 0 Å². The molecular formula is C20H14BrNO3. The fraction of sp³-hybridized carbons (Fsp3) is 0.100. The normalized spacial score (nSPS) is 11.3. The fourth-order valence-corrected chi connectivity index (χ4v) is 3.50. The third kappa shape index (κ3) is 2.70. The number of carboxylic acid groups (broad SMARTS) is 1. The average molecular weight is 396 g/mol. The van der Waals surface area contributed by atoms with E-state index in [2.05, 4.69) is 20.9 Å². The summed E-state index contributed by atoms with van der Waals surface area (Å²) in [7, 11) is 0. The van der Waals surface area contributed by atoms with E-state index in [1.165, 1.54) is 0 Å².